The quantitative estimate of drug-likeness (QED) is 0.829. The number of nitrogens with zero attached hydrogens (tertiary/aromatic N) is 2. The van der Waals surface area contributed by atoms with Crippen molar-refractivity contribution in [2.75, 3.05) is 33.4 Å². The van der Waals surface area contributed by atoms with Crippen molar-refractivity contribution in [1.29, 1.82) is 0 Å². The summed E-state index contributed by atoms with van der Waals surface area (Å²) in [6.07, 6.45) is 0.820. The molecule has 0 aromatic heterocycles. The van der Waals surface area contributed by atoms with E-state index in [9.17, 15) is 5.11 Å². The minimum atomic E-state index is 0.238. The number of hydrogen-bond donors (Lipinski definition) is 1. The predicted molar refractivity (Wildman–Crippen MR) is 105 cm³/mol. The van der Waals surface area contributed by atoms with Gasteiger partial charge in [-0.3, -0.25) is 9.80 Å². The summed E-state index contributed by atoms with van der Waals surface area (Å²) in [6.45, 7) is 7.37. The molecule has 0 unspecified atom stereocenters. The van der Waals surface area contributed by atoms with E-state index in [1.807, 2.05) is 12.1 Å². The average Bonchev–Trinajstić information content (AvgIpc) is 2.66. The van der Waals surface area contributed by atoms with E-state index in [4.69, 9.17) is 4.74 Å². The van der Waals surface area contributed by atoms with Crippen LogP contribution in [0.25, 0.3) is 0 Å². The summed E-state index contributed by atoms with van der Waals surface area (Å²) in [5, 5.41) is 9.54. The van der Waals surface area contributed by atoms with E-state index in [0.29, 0.717) is 6.04 Å². The number of aliphatic hydroxyl groups excluding tert-OH is 1. The Labute approximate surface area is 157 Å². The van der Waals surface area contributed by atoms with Crippen molar-refractivity contribution < 1.29 is 9.84 Å². The van der Waals surface area contributed by atoms with Crippen LogP contribution in [0.1, 0.15) is 23.1 Å². The van der Waals surface area contributed by atoms with Crippen LogP contribution in [-0.2, 0) is 13.1 Å². The fourth-order valence-corrected chi connectivity index (χ4v) is 3.77. The van der Waals surface area contributed by atoms with Gasteiger partial charge in [-0.05, 0) is 42.2 Å². The fourth-order valence-electron chi connectivity index (χ4n) is 3.77. The maximum absolute atomic E-state index is 9.54. The third-order valence-corrected chi connectivity index (χ3v) is 5.33. The molecule has 1 atom stereocenters. The molecule has 3 rings (SSSR count). The maximum atomic E-state index is 9.54. The zero-order valence-corrected chi connectivity index (χ0v) is 15.9. The molecule has 1 heterocycles. The summed E-state index contributed by atoms with van der Waals surface area (Å²) >= 11 is 0. The minimum absolute atomic E-state index is 0.238. The van der Waals surface area contributed by atoms with E-state index in [2.05, 4.69) is 53.1 Å². The molecule has 2 aromatic carbocycles. The van der Waals surface area contributed by atoms with Crippen LogP contribution in [0.5, 0.6) is 5.75 Å². The monoisotopic (exact) mass is 354 g/mol. The second-order valence-electron chi connectivity index (χ2n) is 7.15. The van der Waals surface area contributed by atoms with Crippen LogP contribution in [0.3, 0.4) is 0 Å². The third-order valence-electron chi connectivity index (χ3n) is 5.33. The van der Waals surface area contributed by atoms with Crippen LogP contribution in [0.15, 0.2) is 48.5 Å². The number of rotatable bonds is 7. The Hall–Kier alpha value is -1.88. The minimum Gasteiger partial charge on any atom is -0.497 e. The van der Waals surface area contributed by atoms with Crippen molar-refractivity contribution in [3.05, 3.63) is 65.2 Å². The van der Waals surface area contributed by atoms with E-state index in [-0.39, 0.29) is 6.61 Å². The summed E-state index contributed by atoms with van der Waals surface area (Å²) in [7, 11) is 1.71. The second kappa shape index (κ2) is 9.17. The van der Waals surface area contributed by atoms with Crippen molar-refractivity contribution in [2.24, 2.45) is 0 Å². The summed E-state index contributed by atoms with van der Waals surface area (Å²) in [5.41, 5.74) is 4.00. The Kier molecular flexibility index (Phi) is 6.67. The van der Waals surface area contributed by atoms with Gasteiger partial charge >= 0.3 is 0 Å². The molecule has 0 bridgehead atoms. The van der Waals surface area contributed by atoms with Gasteiger partial charge in [-0.2, -0.15) is 0 Å². The first-order valence-corrected chi connectivity index (χ1v) is 9.44. The van der Waals surface area contributed by atoms with E-state index >= 15 is 0 Å². The van der Waals surface area contributed by atoms with Crippen LogP contribution in [-0.4, -0.2) is 54.3 Å². The Morgan fingerprint density at radius 2 is 1.92 bits per heavy atom. The summed E-state index contributed by atoms with van der Waals surface area (Å²) in [5.74, 6) is 0.910. The van der Waals surface area contributed by atoms with Crippen molar-refractivity contribution >= 4 is 0 Å². The summed E-state index contributed by atoms with van der Waals surface area (Å²) in [4.78, 5) is 5.02. The Bertz CT molecular complexity index is 704. The van der Waals surface area contributed by atoms with Crippen LogP contribution in [0, 0.1) is 6.92 Å². The molecule has 4 nitrogen and oxygen atoms in total. The van der Waals surface area contributed by atoms with Gasteiger partial charge in [-0.15, -0.1) is 0 Å². The van der Waals surface area contributed by atoms with E-state index in [1.54, 1.807) is 7.11 Å². The average molecular weight is 354 g/mol. The highest BCUT2D eigenvalue weighted by Crippen LogP contribution is 2.21. The molecule has 0 aliphatic carbocycles. The number of aliphatic hydroxyl groups is 1. The normalized spacial score (nSPS) is 18.8. The highest BCUT2D eigenvalue weighted by Gasteiger charge is 2.26. The molecule has 2 aromatic rings. The lowest BCUT2D eigenvalue weighted by Gasteiger charge is -2.41. The number of ether oxygens (including phenoxy) is 1. The predicted octanol–water partition coefficient (Wildman–Crippen LogP) is 3.07. The molecule has 140 valence electrons. The maximum Gasteiger partial charge on any atom is 0.119 e. The van der Waals surface area contributed by atoms with Gasteiger partial charge in [0.05, 0.1) is 7.11 Å². The van der Waals surface area contributed by atoms with Gasteiger partial charge in [0.1, 0.15) is 5.75 Å². The van der Waals surface area contributed by atoms with Crippen LogP contribution < -0.4 is 4.74 Å². The molecular weight excluding hydrogens is 324 g/mol. The van der Waals surface area contributed by atoms with Crippen LogP contribution in [0.4, 0.5) is 0 Å². The van der Waals surface area contributed by atoms with E-state index < -0.39 is 0 Å². The molecular formula is C22H30N2O2. The third kappa shape index (κ3) is 4.85. The molecule has 1 aliphatic heterocycles. The molecule has 1 saturated heterocycles. The number of methoxy groups -OCH3 is 1. The number of piperazine rings is 1. The highest BCUT2D eigenvalue weighted by molar-refractivity contribution is 5.28. The topological polar surface area (TPSA) is 35.9 Å². The number of aryl methyl sites for hydroxylation is 1. The standard InChI is InChI=1S/C22H30N2O2/c1-18-6-3-4-8-20(18)16-24-12-11-23(17-21(24)10-13-25)15-19-7-5-9-22(14-19)26-2/h3-9,14,21,25H,10-13,15-17H2,1-2H3/t21-/m1/s1. The van der Waals surface area contributed by atoms with E-state index in [1.165, 1.54) is 16.7 Å². The van der Waals surface area contributed by atoms with Crippen molar-refractivity contribution in [3.8, 4) is 5.75 Å². The molecule has 0 spiro atoms. The SMILES string of the molecule is COc1cccc(CN2CCN(Cc3ccccc3C)[C@H](CCO)C2)c1. The number of hydrogen-bond acceptors (Lipinski definition) is 4. The van der Waals surface area contributed by atoms with Gasteiger partial charge in [-0.25, -0.2) is 0 Å². The first-order chi connectivity index (χ1) is 12.7. The number of benzene rings is 2. The molecule has 0 radical (unpaired) electrons. The molecule has 4 heteroatoms. The summed E-state index contributed by atoms with van der Waals surface area (Å²) < 4.78 is 5.34. The van der Waals surface area contributed by atoms with Crippen LogP contribution in [0.2, 0.25) is 0 Å². The highest BCUT2D eigenvalue weighted by atomic mass is 16.5. The van der Waals surface area contributed by atoms with Gasteiger partial charge in [0.25, 0.3) is 0 Å². The van der Waals surface area contributed by atoms with Crippen molar-refractivity contribution in [2.45, 2.75) is 32.5 Å². The smallest absolute Gasteiger partial charge is 0.119 e. The van der Waals surface area contributed by atoms with Gasteiger partial charge in [0.15, 0.2) is 0 Å². The molecule has 0 amide bonds. The lowest BCUT2D eigenvalue weighted by atomic mass is 10.0. The van der Waals surface area contributed by atoms with Gasteiger partial charge in [0.2, 0.25) is 0 Å². The molecule has 1 aliphatic rings. The first kappa shape index (κ1) is 18.9. The molecule has 26 heavy (non-hydrogen) atoms. The Balaban J connectivity index is 1.64. The Morgan fingerprint density at radius 3 is 2.69 bits per heavy atom. The van der Waals surface area contributed by atoms with Crippen molar-refractivity contribution in [1.82, 2.24) is 9.80 Å². The fraction of sp³-hybridized carbons (Fsp3) is 0.455. The first-order valence-electron chi connectivity index (χ1n) is 9.44. The second-order valence-corrected chi connectivity index (χ2v) is 7.15. The largest absolute Gasteiger partial charge is 0.497 e. The van der Waals surface area contributed by atoms with Crippen molar-refractivity contribution in [3.63, 3.8) is 0 Å². The lowest BCUT2D eigenvalue weighted by molar-refractivity contribution is 0.0498. The zero-order chi connectivity index (χ0) is 18.4. The van der Waals surface area contributed by atoms with Gasteiger partial charge in [-0.1, -0.05) is 36.4 Å². The van der Waals surface area contributed by atoms with Gasteiger partial charge in [0, 0.05) is 45.4 Å². The molecule has 0 saturated carbocycles. The Morgan fingerprint density at radius 1 is 1.08 bits per heavy atom. The van der Waals surface area contributed by atoms with E-state index in [0.717, 1.165) is 44.9 Å². The summed E-state index contributed by atoms with van der Waals surface area (Å²) in [6, 6.07) is 17.3. The lowest BCUT2D eigenvalue weighted by Crippen LogP contribution is -2.52. The molecule has 1 N–H and O–H groups in total. The van der Waals surface area contributed by atoms with Crippen LogP contribution >= 0.6 is 0 Å². The zero-order valence-electron chi connectivity index (χ0n) is 15.9. The van der Waals surface area contributed by atoms with Gasteiger partial charge < -0.3 is 9.84 Å². The molecule has 1 fully saturated rings.